The van der Waals surface area contributed by atoms with Crippen LogP contribution >= 0.6 is 0 Å². The van der Waals surface area contributed by atoms with Gasteiger partial charge in [0.25, 0.3) is 0 Å². The Morgan fingerprint density at radius 2 is 1.68 bits per heavy atom. The molecule has 2 rings (SSSR count). The van der Waals surface area contributed by atoms with Gasteiger partial charge in [-0.15, -0.1) is 0 Å². The highest BCUT2D eigenvalue weighted by Crippen LogP contribution is 2.27. The lowest BCUT2D eigenvalue weighted by Gasteiger charge is -2.20. The summed E-state index contributed by atoms with van der Waals surface area (Å²) in [5.74, 6) is 0. The molecule has 1 unspecified atom stereocenters. The smallest absolute Gasteiger partial charge is 0.0510 e. The summed E-state index contributed by atoms with van der Waals surface area (Å²) >= 11 is 0. The molecule has 1 aromatic rings. The van der Waals surface area contributed by atoms with Gasteiger partial charge in [-0.1, -0.05) is 36.6 Å². The number of benzene rings is 1. The molecule has 0 fully saturated rings. The molecule has 19 heavy (non-hydrogen) atoms. The van der Waals surface area contributed by atoms with Gasteiger partial charge in [0.05, 0.1) is 6.04 Å². The van der Waals surface area contributed by atoms with Crippen LogP contribution in [-0.2, 0) is 0 Å². The molecule has 2 heteroatoms. The number of anilines is 1. The average Bonchev–Trinajstić information content (AvgIpc) is 2.38. The lowest BCUT2D eigenvalue weighted by Crippen LogP contribution is -2.15. The van der Waals surface area contributed by atoms with E-state index < -0.39 is 0 Å². The van der Waals surface area contributed by atoms with Gasteiger partial charge in [0, 0.05) is 19.8 Å². The molecule has 1 aliphatic carbocycles. The largest absolute Gasteiger partial charge is 0.378 e. The van der Waals surface area contributed by atoms with E-state index in [4.69, 9.17) is 5.73 Å². The topological polar surface area (TPSA) is 29.3 Å². The van der Waals surface area contributed by atoms with Gasteiger partial charge in [0.2, 0.25) is 0 Å². The maximum Gasteiger partial charge on any atom is 0.0510 e. The van der Waals surface area contributed by atoms with E-state index >= 15 is 0 Å². The standard InChI is InChI=1S/C17H26N2/c1-19(2)16-12-10-15(11-13-16)17(18)14-8-6-4-3-5-7-9-14/h8,10-13,17H,3-7,9,18H2,1-2H3/b14-8+. The van der Waals surface area contributed by atoms with E-state index in [2.05, 4.69) is 49.3 Å². The van der Waals surface area contributed by atoms with E-state index in [-0.39, 0.29) is 6.04 Å². The SMILES string of the molecule is CN(C)c1ccc(C(N)/C2=C/CCCCCC2)cc1. The zero-order chi connectivity index (χ0) is 13.7. The van der Waals surface area contributed by atoms with E-state index in [9.17, 15) is 0 Å². The first-order valence-corrected chi connectivity index (χ1v) is 7.40. The third-order valence-electron chi connectivity index (χ3n) is 3.99. The van der Waals surface area contributed by atoms with E-state index in [1.807, 2.05) is 0 Å². The molecule has 0 bridgehead atoms. The second-order valence-electron chi connectivity index (χ2n) is 5.70. The Labute approximate surface area is 117 Å². The summed E-state index contributed by atoms with van der Waals surface area (Å²) in [6.07, 6.45) is 10.1. The van der Waals surface area contributed by atoms with Gasteiger partial charge in [0.15, 0.2) is 0 Å². The molecule has 0 aromatic heterocycles. The van der Waals surface area contributed by atoms with Crippen molar-refractivity contribution in [2.75, 3.05) is 19.0 Å². The third-order valence-corrected chi connectivity index (χ3v) is 3.99. The highest BCUT2D eigenvalue weighted by molar-refractivity contribution is 5.47. The number of hydrogen-bond donors (Lipinski definition) is 1. The van der Waals surface area contributed by atoms with Crippen LogP contribution in [0.5, 0.6) is 0 Å². The van der Waals surface area contributed by atoms with Crippen LogP contribution in [0.15, 0.2) is 35.9 Å². The Balaban J connectivity index is 2.11. The van der Waals surface area contributed by atoms with E-state index in [0.29, 0.717) is 0 Å². The highest BCUT2D eigenvalue weighted by atomic mass is 15.1. The molecule has 0 spiro atoms. The zero-order valence-corrected chi connectivity index (χ0v) is 12.2. The maximum absolute atomic E-state index is 6.43. The summed E-state index contributed by atoms with van der Waals surface area (Å²) in [6, 6.07) is 8.71. The van der Waals surface area contributed by atoms with Crippen molar-refractivity contribution in [2.45, 2.75) is 44.6 Å². The van der Waals surface area contributed by atoms with Crippen molar-refractivity contribution in [3.8, 4) is 0 Å². The minimum absolute atomic E-state index is 0.0781. The molecule has 0 radical (unpaired) electrons. The van der Waals surface area contributed by atoms with Gasteiger partial charge in [-0.25, -0.2) is 0 Å². The molecule has 0 saturated carbocycles. The van der Waals surface area contributed by atoms with Crippen LogP contribution in [0.3, 0.4) is 0 Å². The van der Waals surface area contributed by atoms with Crippen molar-refractivity contribution in [3.63, 3.8) is 0 Å². The third kappa shape index (κ3) is 3.84. The summed E-state index contributed by atoms with van der Waals surface area (Å²) in [4.78, 5) is 2.12. The number of allylic oxidation sites excluding steroid dienone is 1. The average molecular weight is 258 g/mol. The molecule has 0 saturated heterocycles. The van der Waals surface area contributed by atoms with Gasteiger partial charge in [-0.05, 0) is 43.4 Å². The van der Waals surface area contributed by atoms with Gasteiger partial charge in [-0.2, -0.15) is 0 Å². The van der Waals surface area contributed by atoms with Crippen LogP contribution in [0, 0.1) is 0 Å². The second kappa shape index (κ2) is 6.76. The molecule has 1 aliphatic rings. The zero-order valence-electron chi connectivity index (χ0n) is 12.2. The molecule has 1 atom stereocenters. The molecular formula is C17H26N2. The van der Waals surface area contributed by atoms with Crippen molar-refractivity contribution >= 4 is 5.69 Å². The first-order chi connectivity index (χ1) is 9.18. The molecule has 0 heterocycles. The van der Waals surface area contributed by atoms with E-state index in [1.54, 1.807) is 0 Å². The first kappa shape index (κ1) is 14.1. The van der Waals surface area contributed by atoms with Crippen LogP contribution < -0.4 is 10.6 Å². The van der Waals surface area contributed by atoms with Crippen LogP contribution in [-0.4, -0.2) is 14.1 Å². The van der Waals surface area contributed by atoms with Crippen molar-refractivity contribution in [2.24, 2.45) is 5.73 Å². The number of rotatable bonds is 3. The fraction of sp³-hybridized carbons (Fsp3) is 0.529. The van der Waals surface area contributed by atoms with Gasteiger partial charge >= 0.3 is 0 Å². The second-order valence-corrected chi connectivity index (χ2v) is 5.70. The normalized spacial score (nSPS) is 20.9. The fourth-order valence-corrected chi connectivity index (χ4v) is 2.69. The van der Waals surface area contributed by atoms with Crippen LogP contribution in [0.25, 0.3) is 0 Å². The van der Waals surface area contributed by atoms with Crippen LogP contribution in [0.2, 0.25) is 0 Å². The monoisotopic (exact) mass is 258 g/mol. The van der Waals surface area contributed by atoms with E-state index in [0.717, 1.165) is 6.42 Å². The molecule has 0 amide bonds. The lowest BCUT2D eigenvalue weighted by molar-refractivity contribution is 0.602. The Morgan fingerprint density at radius 1 is 1.00 bits per heavy atom. The summed E-state index contributed by atoms with van der Waals surface area (Å²) in [5, 5.41) is 0. The van der Waals surface area contributed by atoms with Crippen LogP contribution in [0.4, 0.5) is 5.69 Å². The summed E-state index contributed by atoms with van der Waals surface area (Å²) in [5.41, 5.74) is 10.3. The van der Waals surface area contributed by atoms with Gasteiger partial charge in [0.1, 0.15) is 0 Å². The quantitative estimate of drug-likeness (QED) is 0.829. The Hall–Kier alpha value is -1.28. The molecule has 2 nitrogen and oxygen atoms in total. The highest BCUT2D eigenvalue weighted by Gasteiger charge is 2.13. The van der Waals surface area contributed by atoms with E-state index in [1.165, 1.54) is 48.9 Å². The van der Waals surface area contributed by atoms with Crippen molar-refractivity contribution in [1.82, 2.24) is 0 Å². The number of nitrogens with zero attached hydrogens (tertiary/aromatic N) is 1. The maximum atomic E-state index is 6.43. The minimum atomic E-state index is 0.0781. The Kier molecular flexibility index (Phi) is 5.03. The van der Waals surface area contributed by atoms with Crippen LogP contribution in [0.1, 0.15) is 50.1 Å². The predicted molar refractivity (Wildman–Crippen MR) is 83.5 cm³/mol. The molecule has 0 aliphatic heterocycles. The summed E-state index contributed by atoms with van der Waals surface area (Å²) in [7, 11) is 4.12. The number of nitrogens with two attached hydrogens (primary N) is 1. The summed E-state index contributed by atoms with van der Waals surface area (Å²) < 4.78 is 0. The molecule has 1 aromatic carbocycles. The summed E-state index contributed by atoms with van der Waals surface area (Å²) in [6.45, 7) is 0. The first-order valence-electron chi connectivity index (χ1n) is 7.40. The predicted octanol–water partition coefficient (Wildman–Crippen LogP) is 4.03. The van der Waals surface area contributed by atoms with Gasteiger partial charge < -0.3 is 10.6 Å². The Bertz CT molecular complexity index is 417. The minimum Gasteiger partial charge on any atom is -0.378 e. The molecule has 2 N–H and O–H groups in total. The van der Waals surface area contributed by atoms with Crippen molar-refractivity contribution in [1.29, 1.82) is 0 Å². The fourth-order valence-electron chi connectivity index (χ4n) is 2.69. The van der Waals surface area contributed by atoms with Gasteiger partial charge in [-0.3, -0.25) is 0 Å². The van der Waals surface area contributed by atoms with Crippen molar-refractivity contribution in [3.05, 3.63) is 41.5 Å². The van der Waals surface area contributed by atoms with Crippen molar-refractivity contribution < 1.29 is 0 Å². The number of hydrogen-bond acceptors (Lipinski definition) is 2. The lowest BCUT2D eigenvalue weighted by atomic mass is 9.91. The Morgan fingerprint density at radius 3 is 2.37 bits per heavy atom. The molecular weight excluding hydrogens is 232 g/mol. The molecule has 104 valence electrons.